The summed E-state index contributed by atoms with van der Waals surface area (Å²) in [5, 5.41) is 9.48. The molecule has 1 aromatic carbocycles. The van der Waals surface area contributed by atoms with Gasteiger partial charge in [-0.05, 0) is 23.1 Å². The van der Waals surface area contributed by atoms with Crippen LogP contribution >= 0.6 is 11.8 Å². The molecule has 0 spiro atoms. The molecule has 104 valence electrons. The SMILES string of the molecule is CC(C)(C)c1ccc(Sc2nccnc2C(=O)O)cc1. The summed E-state index contributed by atoms with van der Waals surface area (Å²) in [4.78, 5) is 20.0. The molecular weight excluding hydrogens is 272 g/mol. The minimum atomic E-state index is -1.06. The monoisotopic (exact) mass is 288 g/mol. The number of carbonyl (C=O) groups is 1. The summed E-state index contributed by atoms with van der Waals surface area (Å²) in [6.07, 6.45) is 2.88. The Morgan fingerprint density at radius 3 is 2.25 bits per heavy atom. The van der Waals surface area contributed by atoms with Crippen LogP contribution in [-0.4, -0.2) is 21.0 Å². The Morgan fingerprint density at radius 1 is 1.10 bits per heavy atom. The van der Waals surface area contributed by atoms with E-state index in [4.69, 9.17) is 5.11 Å². The highest BCUT2D eigenvalue weighted by molar-refractivity contribution is 7.99. The first-order valence-corrected chi connectivity index (χ1v) is 7.02. The zero-order valence-corrected chi connectivity index (χ0v) is 12.4. The smallest absolute Gasteiger partial charge is 0.357 e. The number of hydrogen-bond donors (Lipinski definition) is 1. The van der Waals surface area contributed by atoms with Crippen LogP contribution < -0.4 is 0 Å². The third-order valence-electron chi connectivity index (χ3n) is 2.80. The molecule has 0 saturated carbocycles. The molecule has 1 heterocycles. The summed E-state index contributed by atoms with van der Waals surface area (Å²) in [5.74, 6) is -1.06. The van der Waals surface area contributed by atoms with Crippen LogP contribution in [0.15, 0.2) is 46.6 Å². The van der Waals surface area contributed by atoms with Crippen LogP contribution in [0.2, 0.25) is 0 Å². The Morgan fingerprint density at radius 2 is 1.70 bits per heavy atom. The van der Waals surface area contributed by atoms with Crippen molar-refractivity contribution in [3.8, 4) is 0 Å². The van der Waals surface area contributed by atoms with Crippen molar-refractivity contribution < 1.29 is 9.90 Å². The van der Waals surface area contributed by atoms with E-state index in [1.165, 1.54) is 29.7 Å². The van der Waals surface area contributed by atoms with E-state index in [1.807, 2.05) is 12.1 Å². The molecule has 5 heteroatoms. The fourth-order valence-corrected chi connectivity index (χ4v) is 2.53. The van der Waals surface area contributed by atoms with Crippen molar-refractivity contribution in [1.82, 2.24) is 9.97 Å². The molecule has 4 nitrogen and oxygen atoms in total. The van der Waals surface area contributed by atoms with Crippen molar-refractivity contribution >= 4 is 17.7 Å². The zero-order chi connectivity index (χ0) is 14.8. The number of nitrogens with zero attached hydrogens (tertiary/aromatic N) is 2. The van der Waals surface area contributed by atoms with E-state index in [-0.39, 0.29) is 11.1 Å². The molecule has 1 N–H and O–H groups in total. The molecular formula is C15H16N2O2S. The predicted molar refractivity (Wildman–Crippen MR) is 78.3 cm³/mol. The van der Waals surface area contributed by atoms with Gasteiger partial charge in [-0.25, -0.2) is 14.8 Å². The topological polar surface area (TPSA) is 63.1 Å². The van der Waals surface area contributed by atoms with Crippen LogP contribution in [0.25, 0.3) is 0 Å². The van der Waals surface area contributed by atoms with Gasteiger partial charge in [0.05, 0.1) is 0 Å². The molecule has 0 atom stereocenters. The molecule has 0 aliphatic rings. The van der Waals surface area contributed by atoms with Gasteiger partial charge in [0, 0.05) is 17.3 Å². The van der Waals surface area contributed by atoms with Crippen LogP contribution in [-0.2, 0) is 5.41 Å². The third kappa shape index (κ3) is 3.36. The molecule has 0 amide bonds. The van der Waals surface area contributed by atoms with Crippen LogP contribution in [0, 0.1) is 0 Å². The molecule has 0 fully saturated rings. The second-order valence-corrected chi connectivity index (χ2v) is 6.45. The minimum Gasteiger partial charge on any atom is -0.476 e. The Bertz CT molecular complexity index is 619. The number of carboxylic acids is 1. The van der Waals surface area contributed by atoms with E-state index in [2.05, 4.69) is 42.9 Å². The fraction of sp³-hybridized carbons (Fsp3) is 0.267. The van der Waals surface area contributed by atoms with Crippen molar-refractivity contribution in [2.24, 2.45) is 0 Å². The van der Waals surface area contributed by atoms with Gasteiger partial charge in [0.15, 0.2) is 5.69 Å². The van der Waals surface area contributed by atoms with Gasteiger partial charge in [0.1, 0.15) is 5.03 Å². The van der Waals surface area contributed by atoms with Gasteiger partial charge in [-0.3, -0.25) is 0 Å². The predicted octanol–water partition coefficient (Wildman–Crippen LogP) is 3.62. The molecule has 2 rings (SSSR count). The van der Waals surface area contributed by atoms with Gasteiger partial charge < -0.3 is 5.11 Å². The molecule has 0 bridgehead atoms. The Hall–Kier alpha value is -1.88. The molecule has 20 heavy (non-hydrogen) atoms. The number of hydrogen-bond acceptors (Lipinski definition) is 4. The fourth-order valence-electron chi connectivity index (χ4n) is 1.68. The summed E-state index contributed by atoms with van der Waals surface area (Å²) in [7, 11) is 0. The highest BCUT2D eigenvalue weighted by atomic mass is 32.2. The van der Waals surface area contributed by atoms with E-state index in [0.717, 1.165) is 4.90 Å². The Balaban J connectivity index is 2.25. The lowest BCUT2D eigenvalue weighted by Crippen LogP contribution is -2.10. The molecule has 2 aromatic rings. The quantitative estimate of drug-likeness (QED) is 0.934. The van der Waals surface area contributed by atoms with Gasteiger partial charge in [-0.1, -0.05) is 44.7 Å². The normalized spacial score (nSPS) is 11.3. The summed E-state index contributed by atoms with van der Waals surface area (Å²) in [6.45, 7) is 6.46. The molecule has 1 aromatic heterocycles. The summed E-state index contributed by atoms with van der Waals surface area (Å²) >= 11 is 1.31. The van der Waals surface area contributed by atoms with Gasteiger partial charge in [0.2, 0.25) is 0 Å². The largest absolute Gasteiger partial charge is 0.476 e. The van der Waals surface area contributed by atoms with Crippen molar-refractivity contribution in [3.63, 3.8) is 0 Å². The molecule has 0 unspecified atom stereocenters. The van der Waals surface area contributed by atoms with Crippen molar-refractivity contribution in [2.75, 3.05) is 0 Å². The van der Waals surface area contributed by atoms with E-state index in [1.54, 1.807) is 0 Å². The average molecular weight is 288 g/mol. The van der Waals surface area contributed by atoms with Crippen molar-refractivity contribution in [1.29, 1.82) is 0 Å². The maximum absolute atomic E-state index is 11.1. The van der Waals surface area contributed by atoms with Crippen LogP contribution in [0.5, 0.6) is 0 Å². The van der Waals surface area contributed by atoms with E-state index >= 15 is 0 Å². The maximum Gasteiger partial charge on any atom is 0.357 e. The first kappa shape index (κ1) is 14.5. The Labute approximate surface area is 122 Å². The summed E-state index contributed by atoms with van der Waals surface area (Å²) in [5.41, 5.74) is 1.32. The number of carboxylic acid groups (broad SMARTS) is 1. The maximum atomic E-state index is 11.1. The second-order valence-electron chi connectivity index (χ2n) is 5.39. The Kier molecular flexibility index (Phi) is 4.09. The molecule has 0 aliphatic carbocycles. The summed E-state index contributed by atoms with van der Waals surface area (Å²) in [6, 6.07) is 8.06. The highest BCUT2D eigenvalue weighted by Gasteiger charge is 2.15. The average Bonchev–Trinajstić information content (AvgIpc) is 2.38. The van der Waals surface area contributed by atoms with E-state index in [0.29, 0.717) is 5.03 Å². The van der Waals surface area contributed by atoms with E-state index < -0.39 is 5.97 Å². The molecule has 0 aliphatic heterocycles. The molecule has 0 saturated heterocycles. The number of aromatic nitrogens is 2. The van der Waals surface area contributed by atoms with Crippen LogP contribution in [0.1, 0.15) is 36.8 Å². The highest BCUT2D eigenvalue weighted by Crippen LogP contribution is 2.30. The van der Waals surface area contributed by atoms with Gasteiger partial charge in [-0.15, -0.1) is 0 Å². The number of benzene rings is 1. The zero-order valence-electron chi connectivity index (χ0n) is 11.6. The third-order valence-corrected chi connectivity index (χ3v) is 3.80. The van der Waals surface area contributed by atoms with Gasteiger partial charge in [0.25, 0.3) is 0 Å². The lowest BCUT2D eigenvalue weighted by atomic mass is 9.87. The minimum absolute atomic E-state index is 0.0163. The van der Waals surface area contributed by atoms with Crippen molar-refractivity contribution in [3.05, 3.63) is 47.9 Å². The van der Waals surface area contributed by atoms with E-state index in [9.17, 15) is 4.79 Å². The lowest BCUT2D eigenvalue weighted by Gasteiger charge is -2.19. The standard InChI is InChI=1S/C15H16N2O2S/c1-15(2,3)10-4-6-11(7-5-10)20-13-12(14(18)19)16-8-9-17-13/h4-9H,1-3H3,(H,18,19). The lowest BCUT2D eigenvalue weighted by molar-refractivity contribution is 0.0685. The molecule has 0 radical (unpaired) electrons. The van der Waals surface area contributed by atoms with Crippen LogP contribution in [0.4, 0.5) is 0 Å². The number of rotatable bonds is 3. The first-order chi connectivity index (χ1) is 9.38. The van der Waals surface area contributed by atoms with Gasteiger partial charge in [-0.2, -0.15) is 0 Å². The number of aromatic carboxylic acids is 1. The van der Waals surface area contributed by atoms with Crippen LogP contribution in [0.3, 0.4) is 0 Å². The summed E-state index contributed by atoms with van der Waals surface area (Å²) < 4.78 is 0. The second kappa shape index (κ2) is 5.63. The van der Waals surface area contributed by atoms with Gasteiger partial charge >= 0.3 is 5.97 Å². The first-order valence-electron chi connectivity index (χ1n) is 6.20. The van der Waals surface area contributed by atoms with Crippen molar-refractivity contribution in [2.45, 2.75) is 36.1 Å².